The number of nitrogens with zero attached hydrogens (tertiary/aromatic N) is 3. The van der Waals surface area contributed by atoms with Gasteiger partial charge in [-0.1, -0.05) is 18.2 Å². The van der Waals surface area contributed by atoms with Crippen LogP contribution < -0.4 is 4.90 Å². The third-order valence-electron chi connectivity index (χ3n) is 2.21. The Morgan fingerprint density at radius 1 is 1.27 bits per heavy atom. The molecular weight excluding hydrogens is 186 g/mol. The quantitative estimate of drug-likeness (QED) is 0.747. The molecule has 0 aliphatic rings. The molecule has 1 aromatic rings. The number of para-hydroxylation sites is 1. The number of hydrogen-bond donors (Lipinski definition) is 0. The van der Waals surface area contributed by atoms with Crippen LogP contribution in [0, 0.1) is 22.7 Å². The molecule has 1 aromatic carbocycles. The van der Waals surface area contributed by atoms with Gasteiger partial charge in [0, 0.05) is 12.2 Å². The molecule has 3 heteroatoms. The van der Waals surface area contributed by atoms with Crippen molar-refractivity contribution in [1.82, 2.24) is 0 Å². The Morgan fingerprint density at radius 2 is 1.93 bits per heavy atom. The van der Waals surface area contributed by atoms with Crippen molar-refractivity contribution in [2.75, 3.05) is 11.4 Å². The molecule has 0 fully saturated rings. The van der Waals surface area contributed by atoms with Gasteiger partial charge in [0.1, 0.15) is 6.04 Å². The Kier molecular flexibility index (Phi) is 4.19. The molecule has 0 aliphatic carbocycles. The van der Waals surface area contributed by atoms with E-state index < -0.39 is 0 Å². The molecule has 0 amide bonds. The van der Waals surface area contributed by atoms with Crippen molar-refractivity contribution >= 4 is 5.69 Å². The van der Waals surface area contributed by atoms with Crippen LogP contribution in [0.15, 0.2) is 30.3 Å². The fourth-order valence-corrected chi connectivity index (χ4v) is 1.41. The lowest BCUT2D eigenvalue weighted by Crippen LogP contribution is -2.32. The fraction of sp³-hybridized carbons (Fsp3) is 0.333. The van der Waals surface area contributed by atoms with Crippen LogP contribution in [0.25, 0.3) is 0 Å². The summed E-state index contributed by atoms with van der Waals surface area (Å²) in [6.07, 6.45) is 0.431. The van der Waals surface area contributed by atoms with Gasteiger partial charge >= 0.3 is 0 Å². The van der Waals surface area contributed by atoms with Gasteiger partial charge in [0.25, 0.3) is 0 Å². The molecule has 0 aliphatic heterocycles. The van der Waals surface area contributed by atoms with Crippen LogP contribution >= 0.6 is 0 Å². The molecule has 0 saturated carbocycles. The van der Waals surface area contributed by atoms with Crippen molar-refractivity contribution in [3.8, 4) is 12.1 Å². The van der Waals surface area contributed by atoms with Crippen LogP contribution in [-0.4, -0.2) is 12.6 Å². The summed E-state index contributed by atoms with van der Waals surface area (Å²) in [5, 5.41) is 17.4. The molecule has 0 N–H and O–H groups in total. The first-order valence-corrected chi connectivity index (χ1v) is 4.88. The summed E-state index contributed by atoms with van der Waals surface area (Å²) in [4.78, 5) is 1.93. The van der Waals surface area contributed by atoms with Gasteiger partial charge in [-0.2, -0.15) is 10.5 Å². The van der Waals surface area contributed by atoms with Gasteiger partial charge in [-0.15, -0.1) is 0 Å². The summed E-state index contributed by atoms with van der Waals surface area (Å²) in [7, 11) is 0. The lowest BCUT2D eigenvalue weighted by molar-refractivity contribution is 0.744. The Hall–Kier alpha value is -2.00. The van der Waals surface area contributed by atoms with Crippen molar-refractivity contribution in [3.05, 3.63) is 30.3 Å². The number of hydrogen-bond acceptors (Lipinski definition) is 3. The van der Waals surface area contributed by atoms with Crippen LogP contribution in [-0.2, 0) is 0 Å². The highest BCUT2D eigenvalue weighted by Gasteiger charge is 2.12. The molecule has 0 spiro atoms. The van der Waals surface area contributed by atoms with Crippen molar-refractivity contribution in [2.45, 2.75) is 19.4 Å². The van der Waals surface area contributed by atoms with Gasteiger partial charge < -0.3 is 4.90 Å². The molecule has 0 saturated heterocycles. The summed E-state index contributed by atoms with van der Waals surface area (Å²) in [6.45, 7) is 2.43. The first-order chi connectivity index (χ1) is 7.29. The predicted octanol–water partition coefficient (Wildman–Crippen LogP) is 2.32. The smallest absolute Gasteiger partial charge is 0.114 e. The van der Waals surface area contributed by atoms with Gasteiger partial charge in [-0.05, 0) is 19.1 Å². The number of rotatable bonds is 4. The first kappa shape index (κ1) is 11.1. The molecular formula is C12H13N3. The summed E-state index contributed by atoms with van der Waals surface area (Å²) in [6, 6.07) is 13.8. The van der Waals surface area contributed by atoms with E-state index >= 15 is 0 Å². The summed E-state index contributed by atoms with van der Waals surface area (Å²) in [5.41, 5.74) is 0.988. The van der Waals surface area contributed by atoms with E-state index in [1.807, 2.05) is 42.2 Å². The maximum atomic E-state index is 8.89. The zero-order valence-electron chi connectivity index (χ0n) is 8.72. The summed E-state index contributed by atoms with van der Waals surface area (Å²) >= 11 is 0. The van der Waals surface area contributed by atoms with Crippen LogP contribution in [0.3, 0.4) is 0 Å². The average Bonchev–Trinajstić information content (AvgIpc) is 2.30. The second-order valence-electron chi connectivity index (χ2n) is 3.24. The molecule has 0 aromatic heterocycles. The van der Waals surface area contributed by atoms with Crippen molar-refractivity contribution < 1.29 is 0 Å². The van der Waals surface area contributed by atoms with E-state index in [4.69, 9.17) is 10.5 Å². The van der Waals surface area contributed by atoms with Crippen molar-refractivity contribution in [3.63, 3.8) is 0 Å². The highest BCUT2D eigenvalue weighted by molar-refractivity contribution is 5.48. The molecule has 1 rings (SSSR count). The minimum absolute atomic E-state index is 0.208. The maximum Gasteiger partial charge on any atom is 0.114 e. The van der Waals surface area contributed by atoms with Gasteiger partial charge in [-0.25, -0.2) is 0 Å². The highest BCUT2D eigenvalue weighted by atomic mass is 15.1. The van der Waals surface area contributed by atoms with E-state index in [1.54, 1.807) is 0 Å². The van der Waals surface area contributed by atoms with Gasteiger partial charge in [0.2, 0.25) is 0 Å². The van der Waals surface area contributed by atoms with Crippen LogP contribution in [0.2, 0.25) is 0 Å². The Balaban J connectivity index is 2.83. The monoisotopic (exact) mass is 199 g/mol. The Bertz CT molecular complexity index is 372. The molecule has 1 atom stereocenters. The number of nitriles is 2. The second kappa shape index (κ2) is 5.67. The zero-order chi connectivity index (χ0) is 11.1. The van der Waals surface area contributed by atoms with Gasteiger partial charge in [-0.3, -0.25) is 0 Å². The molecule has 15 heavy (non-hydrogen) atoms. The van der Waals surface area contributed by atoms with E-state index in [2.05, 4.69) is 12.1 Å². The van der Waals surface area contributed by atoms with Gasteiger partial charge in [0.15, 0.2) is 0 Å². The van der Waals surface area contributed by atoms with E-state index in [0.717, 1.165) is 5.69 Å². The predicted molar refractivity (Wildman–Crippen MR) is 59.1 cm³/mol. The highest BCUT2D eigenvalue weighted by Crippen LogP contribution is 2.16. The standard InChI is InChI=1S/C12H13N3/c1-11(10-14)15(9-5-8-13)12-6-3-2-4-7-12/h2-4,6-7,11H,5,9H2,1H3. The average molecular weight is 199 g/mol. The summed E-state index contributed by atoms with van der Waals surface area (Å²) < 4.78 is 0. The SMILES string of the molecule is CC(C#N)N(CCC#N)c1ccccc1. The third-order valence-corrected chi connectivity index (χ3v) is 2.21. The topological polar surface area (TPSA) is 50.8 Å². The lowest BCUT2D eigenvalue weighted by atomic mass is 10.2. The Morgan fingerprint density at radius 3 is 2.47 bits per heavy atom. The molecule has 0 bridgehead atoms. The third kappa shape index (κ3) is 3.00. The fourth-order valence-electron chi connectivity index (χ4n) is 1.41. The van der Waals surface area contributed by atoms with E-state index in [-0.39, 0.29) is 6.04 Å². The molecule has 3 nitrogen and oxygen atoms in total. The van der Waals surface area contributed by atoms with E-state index in [9.17, 15) is 0 Å². The molecule has 1 unspecified atom stereocenters. The number of benzene rings is 1. The molecule has 0 heterocycles. The summed E-state index contributed by atoms with van der Waals surface area (Å²) in [5.74, 6) is 0. The van der Waals surface area contributed by atoms with Crippen LogP contribution in [0.5, 0.6) is 0 Å². The zero-order valence-corrected chi connectivity index (χ0v) is 8.72. The molecule has 0 radical (unpaired) electrons. The van der Waals surface area contributed by atoms with Gasteiger partial charge in [0.05, 0.1) is 18.6 Å². The largest absolute Gasteiger partial charge is 0.355 e. The Labute approximate surface area is 90.2 Å². The normalized spacial score (nSPS) is 11.1. The van der Waals surface area contributed by atoms with Crippen LogP contribution in [0.4, 0.5) is 5.69 Å². The first-order valence-electron chi connectivity index (χ1n) is 4.88. The lowest BCUT2D eigenvalue weighted by Gasteiger charge is -2.25. The van der Waals surface area contributed by atoms with Crippen molar-refractivity contribution in [1.29, 1.82) is 10.5 Å². The van der Waals surface area contributed by atoms with E-state index in [0.29, 0.717) is 13.0 Å². The van der Waals surface area contributed by atoms with Crippen LogP contribution in [0.1, 0.15) is 13.3 Å². The maximum absolute atomic E-state index is 8.89. The molecule has 76 valence electrons. The number of anilines is 1. The van der Waals surface area contributed by atoms with Crippen molar-refractivity contribution in [2.24, 2.45) is 0 Å². The minimum atomic E-state index is -0.208. The second-order valence-corrected chi connectivity index (χ2v) is 3.24. The minimum Gasteiger partial charge on any atom is -0.355 e. The van der Waals surface area contributed by atoms with E-state index in [1.165, 1.54) is 0 Å².